The fraction of sp³-hybridized carbons (Fsp3) is 0.312. The number of aliphatic hydroxyl groups is 1. The lowest BCUT2D eigenvalue weighted by Gasteiger charge is -2.49. The predicted molar refractivity (Wildman–Crippen MR) is 151 cm³/mol. The molecule has 2 bridgehead atoms. The molecule has 0 spiro atoms. The van der Waals surface area contributed by atoms with Gasteiger partial charge < -0.3 is 15.1 Å². The number of hydrogen-bond acceptors (Lipinski definition) is 5. The fourth-order valence-electron chi connectivity index (χ4n) is 6.58. The number of piperazine rings is 1. The number of aromatic nitrogens is 2. The number of aliphatic hydroxyl groups excluding tert-OH is 1. The molecule has 3 aromatic carbocycles. The van der Waals surface area contributed by atoms with Crippen LogP contribution in [0, 0.1) is 6.92 Å². The van der Waals surface area contributed by atoms with Crippen molar-refractivity contribution in [2.45, 2.75) is 56.6 Å². The molecule has 2 N–H and O–H groups in total. The molecule has 7 nitrogen and oxygen atoms in total. The van der Waals surface area contributed by atoms with Crippen LogP contribution in [0.3, 0.4) is 0 Å². The lowest BCUT2D eigenvalue weighted by atomic mass is 9.87. The molecule has 2 aliphatic heterocycles. The highest BCUT2D eigenvalue weighted by molar-refractivity contribution is 5.76. The molecular formula is C32H34N4O3. The van der Waals surface area contributed by atoms with Crippen molar-refractivity contribution in [1.29, 1.82) is 0 Å². The molecule has 2 aliphatic rings. The van der Waals surface area contributed by atoms with Gasteiger partial charge in [-0.25, -0.2) is 4.68 Å². The van der Waals surface area contributed by atoms with Crippen LogP contribution in [-0.4, -0.2) is 61.8 Å². The molecule has 0 radical (unpaired) electrons. The van der Waals surface area contributed by atoms with Gasteiger partial charge in [0.1, 0.15) is 18.1 Å². The summed E-state index contributed by atoms with van der Waals surface area (Å²) in [4.78, 5) is 17.0. The van der Waals surface area contributed by atoms with E-state index in [9.17, 15) is 15.0 Å². The van der Waals surface area contributed by atoms with Gasteiger partial charge in [-0.15, -0.1) is 0 Å². The number of nitrogens with zero attached hydrogens (tertiary/aromatic N) is 4. The number of aliphatic carboxylic acids is 1. The zero-order valence-corrected chi connectivity index (χ0v) is 22.0. The molecule has 6 rings (SSSR count). The number of anilines is 1. The van der Waals surface area contributed by atoms with E-state index in [1.807, 2.05) is 95.4 Å². The minimum Gasteiger partial charge on any atom is -0.480 e. The summed E-state index contributed by atoms with van der Waals surface area (Å²) in [5, 5.41) is 27.3. The van der Waals surface area contributed by atoms with E-state index in [2.05, 4.69) is 23.1 Å². The van der Waals surface area contributed by atoms with Crippen molar-refractivity contribution in [1.82, 2.24) is 14.7 Å². The SMILES string of the molecule is Cc1cc(N2[C@H]3CC[C@@H]2[C@@H](C(=O)O)N(C(O)C(c2ccccc2)c2ccccc2)C3)n(Cc2ccccc2)n1. The average Bonchev–Trinajstić information content (AvgIpc) is 3.45. The lowest BCUT2D eigenvalue weighted by Crippen LogP contribution is -2.66. The summed E-state index contributed by atoms with van der Waals surface area (Å²) in [5.74, 6) is -0.326. The van der Waals surface area contributed by atoms with Crippen LogP contribution in [0.5, 0.6) is 0 Å². The van der Waals surface area contributed by atoms with E-state index in [-0.39, 0.29) is 18.0 Å². The maximum atomic E-state index is 12.9. The van der Waals surface area contributed by atoms with Crippen LogP contribution in [0.4, 0.5) is 5.82 Å². The topological polar surface area (TPSA) is 81.8 Å². The molecule has 3 heterocycles. The van der Waals surface area contributed by atoms with Gasteiger partial charge in [-0.05, 0) is 36.5 Å². The van der Waals surface area contributed by atoms with E-state index in [4.69, 9.17) is 5.10 Å². The zero-order valence-electron chi connectivity index (χ0n) is 22.0. The van der Waals surface area contributed by atoms with Gasteiger partial charge in [0.25, 0.3) is 0 Å². The molecule has 1 unspecified atom stereocenters. The second-order valence-electron chi connectivity index (χ2n) is 10.7. The van der Waals surface area contributed by atoms with E-state index < -0.39 is 18.2 Å². The quantitative estimate of drug-likeness (QED) is 0.355. The van der Waals surface area contributed by atoms with Gasteiger partial charge in [0.05, 0.1) is 18.3 Å². The van der Waals surface area contributed by atoms with Crippen molar-refractivity contribution < 1.29 is 15.0 Å². The Morgan fingerprint density at radius 1 is 0.923 bits per heavy atom. The number of likely N-dealkylation sites (tertiary alicyclic amines) is 1. The number of carbonyl (C=O) groups is 1. The highest BCUT2D eigenvalue weighted by Gasteiger charge is 2.53. The minimum absolute atomic E-state index is 0.0815. The third-order valence-electron chi connectivity index (χ3n) is 8.22. The minimum atomic E-state index is -0.989. The molecule has 200 valence electrons. The van der Waals surface area contributed by atoms with Crippen molar-refractivity contribution in [3.63, 3.8) is 0 Å². The summed E-state index contributed by atoms with van der Waals surface area (Å²) >= 11 is 0. The number of rotatable bonds is 8. The molecule has 0 amide bonds. The Morgan fingerprint density at radius 3 is 2.10 bits per heavy atom. The van der Waals surface area contributed by atoms with Gasteiger partial charge >= 0.3 is 5.97 Å². The Balaban J connectivity index is 1.35. The summed E-state index contributed by atoms with van der Waals surface area (Å²) < 4.78 is 2.00. The second-order valence-corrected chi connectivity index (χ2v) is 10.7. The molecular weight excluding hydrogens is 488 g/mol. The first-order valence-corrected chi connectivity index (χ1v) is 13.6. The zero-order chi connectivity index (χ0) is 26.9. The number of carboxylic acid groups (broad SMARTS) is 1. The van der Waals surface area contributed by atoms with E-state index in [0.717, 1.165) is 41.0 Å². The Hall–Kier alpha value is -3.94. The van der Waals surface area contributed by atoms with Gasteiger partial charge in [0.2, 0.25) is 0 Å². The van der Waals surface area contributed by atoms with E-state index in [1.165, 1.54) is 0 Å². The second kappa shape index (κ2) is 10.7. The van der Waals surface area contributed by atoms with Crippen LogP contribution in [0.15, 0.2) is 97.1 Å². The lowest BCUT2D eigenvalue weighted by molar-refractivity contribution is -0.152. The molecule has 7 heteroatoms. The molecule has 2 fully saturated rings. The number of fused-ring (bicyclic) bond motifs is 2. The number of aryl methyl sites for hydroxylation is 1. The molecule has 4 aromatic rings. The van der Waals surface area contributed by atoms with Gasteiger partial charge in [-0.1, -0.05) is 91.0 Å². The molecule has 39 heavy (non-hydrogen) atoms. The number of carboxylic acids is 1. The number of benzene rings is 3. The molecule has 0 saturated carbocycles. The van der Waals surface area contributed by atoms with E-state index in [1.54, 1.807) is 0 Å². The Kier molecular flexibility index (Phi) is 6.94. The summed E-state index contributed by atoms with van der Waals surface area (Å²) in [7, 11) is 0. The maximum Gasteiger partial charge on any atom is 0.323 e. The number of hydrogen-bond donors (Lipinski definition) is 2. The average molecular weight is 523 g/mol. The highest BCUT2D eigenvalue weighted by atomic mass is 16.4. The predicted octanol–water partition coefficient (Wildman–Crippen LogP) is 4.50. The van der Waals surface area contributed by atoms with Crippen molar-refractivity contribution in [2.75, 3.05) is 11.4 Å². The van der Waals surface area contributed by atoms with Crippen LogP contribution in [0.25, 0.3) is 0 Å². The van der Waals surface area contributed by atoms with Gasteiger partial charge in [-0.3, -0.25) is 9.69 Å². The summed E-state index contributed by atoms with van der Waals surface area (Å²) in [6.45, 7) is 3.06. The largest absolute Gasteiger partial charge is 0.480 e. The van der Waals surface area contributed by atoms with E-state index in [0.29, 0.717) is 13.1 Å². The van der Waals surface area contributed by atoms with Gasteiger partial charge in [0.15, 0.2) is 0 Å². The maximum absolute atomic E-state index is 12.9. The van der Waals surface area contributed by atoms with Gasteiger partial charge in [0, 0.05) is 24.6 Å². The Bertz CT molecular complexity index is 1370. The van der Waals surface area contributed by atoms with Crippen LogP contribution < -0.4 is 4.90 Å². The summed E-state index contributed by atoms with van der Waals surface area (Å²) in [6, 6.07) is 31.0. The molecule has 1 aromatic heterocycles. The van der Waals surface area contributed by atoms with Crippen LogP contribution in [0.1, 0.15) is 41.1 Å². The first-order chi connectivity index (χ1) is 19.0. The summed E-state index contributed by atoms with van der Waals surface area (Å²) in [5.41, 5.74) is 3.98. The standard InChI is InChI=1S/C32H34N4O3/c1-22-19-28(35(33-22)20-23-11-5-2-6-12-23)36-26-17-18-27(36)30(32(38)39)34(21-26)31(37)29(24-13-7-3-8-14-24)25-15-9-4-10-16-25/h2-16,19,26-27,29-31,37H,17-18,20-21H2,1H3,(H,38,39)/t26-,27+,30-,31?/m0/s1. The third-order valence-corrected chi connectivity index (χ3v) is 8.22. The smallest absolute Gasteiger partial charge is 0.323 e. The molecule has 2 saturated heterocycles. The Morgan fingerprint density at radius 2 is 1.51 bits per heavy atom. The van der Waals surface area contributed by atoms with E-state index >= 15 is 0 Å². The van der Waals surface area contributed by atoms with Gasteiger partial charge in [-0.2, -0.15) is 5.10 Å². The Labute approximate surface area is 228 Å². The van der Waals surface area contributed by atoms with Crippen molar-refractivity contribution in [2.24, 2.45) is 0 Å². The van der Waals surface area contributed by atoms with Crippen LogP contribution in [-0.2, 0) is 11.3 Å². The monoisotopic (exact) mass is 522 g/mol. The van der Waals surface area contributed by atoms with Crippen LogP contribution >= 0.6 is 0 Å². The van der Waals surface area contributed by atoms with Crippen molar-refractivity contribution >= 4 is 11.8 Å². The third kappa shape index (κ3) is 4.84. The first-order valence-electron chi connectivity index (χ1n) is 13.6. The highest BCUT2D eigenvalue weighted by Crippen LogP contribution is 2.41. The van der Waals surface area contributed by atoms with Crippen molar-refractivity contribution in [3.8, 4) is 0 Å². The molecule has 4 atom stereocenters. The first kappa shape index (κ1) is 25.3. The fourth-order valence-corrected chi connectivity index (χ4v) is 6.58. The normalized spacial score (nSPS) is 21.8. The van der Waals surface area contributed by atoms with Crippen LogP contribution in [0.2, 0.25) is 0 Å². The molecule has 0 aliphatic carbocycles. The van der Waals surface area contributed by atoms with Crippen molar-refractivity contribution in [3.05, 3.63) is 119 Å². The summed E-state index contributed by atoms with van der Waals surface area (Å²) in [6.07, 6.45) is 0.633.